The number of hydrogen-bond acceptors (Lipinski definition) is 2. The van der Waals surface area contributed by atoms with E-state index in [1.165, 1.54) is 0 Å². The minimum absolute atomic E-state index is 0.0612. The highest BCUT2D eigenvalue weighted by Gasteiger charge is 2.30. The molecule has 1 aromatic rings. The number of likely N-dealkylation sites (tertiary alicyclic amines) is 1. The molecule has 0 radical (unpaired) electrons. The average Bonchev–Trinajstić information content (AvgIpc) is 2.48. The smallest absolute Gasteiger partial charge is 0.231 e. The summed E-state index contributed by atoms with van der Waals surface area (Å²) in [5.74, 6) is 0.114. The van der Waals surface area contributed by atoms with Crippen LogP contribution in [0.4, 0.5) is 5.69 Å². The van der Waals surface area contributed by atoms with E-state index >= 15 is 0 Å². The lowest BCUT2D eigenvalue weighted by Crippen LogP contribution is -2.46. The van der Waals surface area contributed by atoms with Crippen molar-refractivity contribution in [2.45, 2.75) is 33.6 Å². The average molecular weight is 288 g/mol. The number of rotatable bonds is 3. The molecule has 4 nitrogen and oxygen atoms in total. The molecule has 1 aromatic carbocycles. The van der Waals surface area contributed by atoms with Crippen LogP contribution in [0.25, 0.3) is 0 Å². The molecule has 21 heavy (non-hydrogen) atoms. The maximum Gasteiger partial charge on any atom is 0.231 e. The Hall–Kier alpha value is -1.84. The summed E-state index contributed by atoms with van der Waals surface area (Å²) in [6, 6.07) is 8.01. The molecule has 1 unspecified atom stereocenters. The highest BCUT2D eigenvalue weighted by Crippen LogP contribution is 2.23. The lowest BCUT2D eigenvalue weighted by molar-refractivity contribution is -0.133. The highest BCUT2D eigenvalue weighted by atomic mass is 16.2. The fraction of sp³-hybridized carbons (Fsp3) is 0.529. The van der Waals surface area contributed by atoms with Gasteiger partial charge in [-0.05, 0) is 44.4 Å². The number of piperidine rings is 1. The maximum atomic E-state index is 12.8. The fourth-order valence-corrected chi connectivity index (χ4v) is 2.95. The van der Waals surface area contributed by atoms with Crippen LogP contribution in [-0.2, 0) is 9.59 Å². The van der Waals surface area contributed by atoms with Crippen molar-refractivity contribution in [3.63, 3.8) is 0 Å². The van der Waals surface area contributed by atoms with Crippen LogP contribution in [0.2, 0.25) is 0 Å². The van der Waals surface area contributed by atoms with Crippen molar-refractivity contribution in [2.75, 3.05) is 24.5 Å². The molecule has 1 fully saturated rings. The molecule has 4 heteroatoms. The van der Waals surface area contributed by atoms with E-state index in [-0.39, 0.29) is 17.7 Å². The number of benzene rings is 1. The van der Waals surface area contributed by atoms with Crippen molar-refractivity contribution in [1.29, 1.82) is 0 Å². The number of carbonyl (C=O) groups excluding carboxylic acids is 2. The lowest BCUT2D eigenvalue weighted by Gasteiger charge is -2.34. The number of amides is 2. The summed E-state index contributed by atoms with van der Waals surface area (Å²) in [4.78, 5) is 27.9. The Morgan fingerprint density at radius 2 is 2.14 bits per heavy atom. The van der Waals surface area contributed by atoms with E-state index in [0.29, 0.717) is 13.1 Å². The molecule has 1 heterocycles. The number of nitrogens with zero attached hydrogens (tertiary/aromatic N) is 2. The molecular formula is C17H24N2O2. The van der Waals surface area contributed by atoms with Crippen molar-refractivity contribution < 1.29 is 9.59 Å². The van der Waals surface area contributed by atoms with Crippen LogP contribution in [-0.4, -0.2) is 36.3 Å². The molecule has 0 aliphatic carbocycles. The first kappa shape index (κ1) is 15.5. The molecule has 0 aromatic heterocycles. The molecule has 0 spiro atoms. The number of aryl methyl sites for hydroxylation is 1. The third-order valence-electron chi connectivity index (χ3n) is 4.11. The largest absolute Gasteiger partial charge is 0.342 e. The van der Waals surface area contributed by atoms with E-state index < -0.39 is 0 Å². The lowest BCUT2D eigenvalue weighted by atomic mass is 9.96. The summed E-state index contributed by atoms with van der Waals surface area (Å²) in [7, 11) is 0. The van der Waals surface area contributed by atoms with Crippen LogP contribution in [0.5, 0.6) is 0 Å². The summed E-state index contributed by atoms with van der Waals surface area (Å²) in [6.07, 6.45) is 1.77. The van der Waals surface area contributed by atoms with Crippen molar-refractivity contribution in [1.82, 2.24) is 4.90 Å². The van der Waals surface area contributed by atoms with Gasteiger partial charge in [-0.15, -0.1) is 0 Å². The zero-order valence-electron chi connectivity index (χ0n) is 13.1. The zero-order chi connectivity index (χ0) is 15.4. The predicted octanol–water partition coefficient (Wildman–Crippen LogP) is 2.61. The van der Waals surface area contributed by atoms with E-state index in [2.05, 4.69) is 0 Å². The van der Waals surface area contributed by atoms with Gasteiger partial charge in [0.15, 0.2) is 0 Å². The fourth-order valence-electron chi connectivity index (χ4n) is 2.95. The Labute approximate surface area is 126 Å². The molecule has 114 valence electrons. The predicted molar refractivity (Wildman–Crippen MR) is 84.2 cm³/mol. The van der Waals surface area contributed by atoms with Gasteiger partial charge >= 0.3 is 0 Å². The summed E-state index contributed by atoms with van der Waals surface area (Å²) in [5.41, 5.74) is 2.09. The summed E-state index contributed by atoms with van der Waals surface area (Å²) in [6.45, 7) is 7.57. The third-order valence-corrected chi connectivity index (χ3v) is 4.11. The normalized spacial score (nSPS) is 18.4. The van der Waals surface area contributed by atoms with Gasteiger partial charge < -0.3 is 9.80 Å². The first-order chi connectivity index (χ1) is 10.0. The van der Waals surface area contributed by atoms with Crippen molar-refractivity contribution in [3.05, 3.63) is 29.8 Å². The van der Waals surface area contributed by atoms with Gasteiger partial charge in [0, 0.05) is 32.2 Å². The molecule has 1 aliphatic heterocycles. The van der Waals surface area contributed by atoms with Gasteiger partial charge in [-0.1, -0.05) is 12.1 Å². The van der Waals surface area contributed by atoms with E-state index in [0.717, 1.165) is 30.6 Å². The molecule has 0 bridgehead atoms. The van der Waals surface area contributed by atoms with Crippen molar-refractivity contribution >= 4 is 17.5 Å². The standard InChI is InChI=1S/C17H24N2O2/c1-4-19(16-9-5-7-13(2)11-16)17(21)15-8-6-10-18(12-15)14(3)20/h5,7,9,11,15H,4,6,8,10,12H2,1-3H3. The SMILES string of the molecule is CCN(C(=O)C1CCCN(C(C)=O)C1)c1cccc(C)c1. The number of hydrogen-bond donors (Lipinski definition) is 0. The van der Waals surface area contributed by atoms with Gasteiger partial charge in [-0.3, -0.25) is 9.59 Å². The highest BCUT2D eigenvalue weighted by molar-refractivity contribution is 5.95. The van der Waals surface area contributed by atoms with Crippen LogP contribution < -0.4 is 4.90 Å². The second-order valence-corrected chi connectivity index (χ2v) is 5.73. The Morgan fingerprint density at radius 3 is 2.76 bits per heavy atom. The number of carbonyl (C=O) groups is 2. The molecule has 2 amide bonds. The first-order valence-corrected chi connectivity index (χ1v) is 7.66. The van der Waals surface area contributed by atoms with Gasteiger partial charge in [-0.2, -0.15) is 0 Å². The maximum absolute atomic E-state index is 12.8. The molecule has 2 rings (SSSR count). The van der Waals surface area contributed by atoms with Gasteiger partial charge in [-0.25, -0.2) is 0 Å². The van der Waals surface area contributed by atoms with E-state index in [1.54, 1.807) is 11.8 Å². The Bertz CT molecular complexity index is 527. The third kappa shape index (κ3) is 3.63. The van der Waals surface area contributed by atoms with E-state index in [4.69, 9.17) is 0 Å². The van der Waals surface area contributed by atoms with Crippen molar-refractivity contribution in [3.8, 4) is 0 Å². The Balaban J connectivity index is 2.14. The van der Waals surface area contributed by atoms with E-state index in [9.17, 15) is 9.59 Å². The molecule has 1 aliphatic rings. The van der Waals surface area contributed by atoms with Gasteiger partial charge in [0.25, 0.3) is 0 Å². The van der Waals surface area contributed by atoms with Crippen LogP contribution in [0.3, 0.4) is 0 Å². The summed E-state index contributed by atoms with van der Waals surface area (Å²) >= 11 is 0. The quantitative estimate of drug-likeness (QED) is 0.858. The molecule has 1 atom stereocenters. The Morgan fingerprint density at radius 1 is 1.38 bits per heavy atom. The monoisotopic (exact) mass is 288 g/mol. The molecule has 0 N–H and O–H groups in total. The molecule has 1 saturated heterocycles. The summed E-state index contributed by atoms with van der Waals surface area (Å²) < 4.78 is 0. The number of anilines is 1. The first-order valence-electron chi connectivity index (χ1n) is 7.66. The van der Waals surface area contributed by atoms with Crippen LogP contribution in [0.1, 0.15) is 32.3 Å². The minimum atomic E-state index is -0.0805. The van der Waals surface area contributed by atoms with Gasteiger partial charge in [0.1, 0.15) is 0 Å². The minimum Gasteiger partial charge on any atom is -0.342 e. The zero-order valence-corrected chi connectivity index (χ0v) is 13.1. The topological polar surface area (TPSA) is 40.6 Å². The Kier molecular flexibility index (Phi) is 4.99. The van der Waals surface area contributed by atoms with Gasteiger partial charge in [0.2, 0.25) is 11.8 Å². The van der Waals surface area contributed by atoms with Crippen molar-refractivity contribution in [2.24, 2.45) is 5.92 Å². The van der Waals surface area contributed by atoms with Gasteiger partial charge in [0.05, 0.1) is 5.92 Å². The van der Waals surface area contributed by atoms with Crippen LogP contribution in [0.15, 0.2) is 24.3 Å². The van der Waals surface area contributed by atoms with E-state index in [1.807, 2.05) is 43.0 Å². The summed E-state index contributed by atoms with van der Waals surface area (Å²) in [5, 5.41) is 0. The second-order valence-electron chi connectivity index (χ2n) is 5.73. The van der Waals surface area contributed by atoms with Crippen LogP contribution in [0, 0.1) is 12.8 Å². The second kappa shape index (κ2) is 6.74. The molecular weight excluding hydrogens is 264 g/mol. The van der Waals surface area contributed by atoms with Crippen LogP contribution >= 0.6 is 0 Å². The molecule has 0 saturated carbocycles.